The van der Waals surface area contributed by atoms with Crippen LogP contribution in [0.4, 0.5) is 17.8 Å². The van der Waals surface area contributed by atoms with Crippen molar-refractivity contribution in [2.45, 2.75) is 13.3 Å². The minimum Gasteiger partial charge on any atom is -0.756 e. The zero-order valence-electron chi connectivity index (χ0n) is 11.6. The largest absolute Gasteiger partial charge is 0.756 e. The van der Waals surface area contributed by atoms with Crippen LogP contribution in [0.25, 0.3) is 0 Å². The molecular formula is C11H18N7O2-. The number of aromatic nitrogens is 3. The van der Waals surface area contributed by atoms with Crippen molar-refractivity contribution in [3.63, 3.8) is 0 Å². The molecule has 9 heteroatoms. The SMILES string of the molecule is CC/C=N/Nc1nc(N(C)[O-])nc(N2CCOCC2)n1. The number of rotatable bonds is 5. The molecule has 1 saturated heterocycles. The number of hydrazone groups is 1. The van der Waals surface area contributed by atoms with Gasteiger partial charge in [-0.3, -0.25) is 0 Å². The van der Waals surface area contributed by atoms with Gasteiger partial charge in [0.05, 0.1) is 13.2 Å². The molecule has 1 aliphatic heterocycles. The standard InChI is InChI=1S/C11H18N7O2/c1-3-4-12-16-9-13-10(17(2)19)15-11(14-9)18-5-7-20-8-6-18/h4H,3,5-8H2,1-2H3,(H,13,14,15,16)/q-1/b12-4+. The number of anilines is 3. The Kier molecular flexibility index (Phi) is 5.02. The molecule has 110 valence electrons. The number of ether oxygens (including phenoxy) is 1. The van der Waals surface area contributed by atoms with Crippen LogP contribution >= 0.6 is 0 Å². The second-order valence-corrected chi connectivity index (χ2v) is 4.19. The summed E-state index contributed by atoms with van der Waals surface area (Å²) in [6.45, 7) is 4.57. The van der Waals surface area contributed by atoms with Crippen LogP contribution in [0.2, 0.25) is 0 Å². The summed E-state index contributed by atoms with van der Waals surface area (Å²) in [5.41, 5.74) is 2.70. The monoisotopic (exact) mass is 280 g/mol. The Morgan fingerprint density at radius 1 is 1.40 bits per heavy atom. The number of nitrogens with one attached hydrogen (secondary N) is 1. The maximum absolute atomic E-state index is 11.4. The van der Waals surface area contributed by atoms with Gasteiger partial charge < -0.3 is 19.9 Å². The van der Waals surface area contributed by atoms with Crippen LogP contribution < -0.4 is 15.4 Å². The third-order valence-electron chi connectivity index (χ3n) is 2.63. The fraction of sp³-hybridized carbons (Fsp3) is 0.636. The lowest BCUT2D eigenvalue weighted by Crippen LogP contribution is -2.37. The highest BCUT2D eigenvalue weighted by Crippen LogP contribution is 2.16. The Morgan fingerprint density at radius 2 is 2.15 bits per heavy atom. The second kappa shape index (κ2) is 6.96. The highest BCUT2D eigenvalue weighted by atomic mass is 16.5. The van der Waals surface area contributed by atoms with Gasteiger partial charge in [0.1, 0.15) is 0 Å². The molecule has 2 rings (SSSR count). The summed E-state index contributed by atoms with van der Waals surface area (Å²) in [5.74, 6) is 0.759. The minimum atomic E-state index is 0.0516. The fourth-order valence-electron chi connectivity index (χ4n) is 1.64. The van der Waals surface area contributed by atoms with Crippen LogP contribution in [0.1, 0.15) is 13.3 Å². The molecule has 1 aromatic heterocycles. The molecule has 2 heterocycles. The highest BCUT2D eigenvalue weighted by molar-refractivity contribution is 5.58. The summed E-state index contributed by atoms with van der Waals surface area (Å²) >= 11 is 0. The van der Waals surface area contributed by atoms with Gasteiger partial charge in [-0.25, -0.2) is 5.43 Å². The Hall–Kier alpha value is -2.00. The van der Waals surface area contributed by atoms with E-state index in [1.165, 1.54) is 7.05 Å². The van der Waals surface area contributed by atoms with Crippen LogP contribution in [-0.2, 0) is 4.74 Å². The smallest absolute Gasteiger partial charge is 0.250 e. The van der Waals surface area contributed by atoms with Gasteiger partial charge in [0, 0.05) is 19.3 Å². The van der Waals surface area contributed by atoms with E-state index in [4.69, 9.17) is 4.74 Å². The van der Waals surface area contributed by atoms with Gasteiger partial charge in [-0.1, -0.05) is 6.92 Å². The van der Waals surface area contributed by atoms with Gasteiger partial charge in [0.2, 0.25) is 17.8 Å². The van der Waals surface area contributed by atoms with Crippen molar-refractivity contribution >= 4 is 24.1 Å². The summed E-state index contributed by atoms with van der Waals surface area (Å²) in [7, 11) is 1.34. The zero-order chi connectivity index (χ0) is 14.4. The van der Waals surface area contributed by atoms with E-state index in [1.807, 2.05) is 11.8 Å². The van der Waals surface area contributed by atoms with Crippen LogP contribution in [0.5, 0.6) is 0 Å². The molecule has 0 saturated carbocycles. The summed E-state index contributed by atoms with van der Waals surface area (Å²) in [6, 6.07) is 0. The van der Waals surface area contributed by atoms with Crippen LogP contribution in [0, 0.1) is 5.21 Å². The Bertz CT molecular complexity index is 460. The van der Waals surface area contributed by atoms with E-state index in [0.717, 1.165) is 6.42 Å². The second-order valence-electron chi connectivity index (χ2n) is 4.19. The van der Waals surface area contributed by atoms with Crippen molar-refractivity contribution in [1.29, 1.82) is 0 Å². The lowest BCUT2D eigenvalue weighted by atomic mass is 10.4. The number of morpholine rings is 1. The van der Waals surface area contributed by atoms with Gasteiger partial charge in [-0.2, -0.15) is 20.1 Å². The Labute approximate surface area is 117 Å². The first kappa shape index (κ1) is 14.4. The number of hydrogen-bond donors (Lipinski definition) is 1. The average Bonchev–Trinajstić information content (AvgIpc) is 2.48. The van der Waals surface area contributed by atoms with Gasteiger partial charge in [0.25, 0.3) is 0 Å². The van der Waals surface area contributed by atoms with Gasteiger partial charge >= 0.3 is 0 Å². The van der Waals surface area contributed by atoms with Crippen molar-refractivity contribution in [3.8, 4) is 0 Å². The Morgan fingerprint density at radius 3 is 2.80 bits per heavy atom. The number of nitrogens with zero attached hydrogens (tertiary/aromatic N) is 6. The molecule has 0 radical (unpaired) electrons. The van der Waals surface area contributed by atoms with Gasteiger partial charge in [-0.15, -0.1) is 0 Å². The van der Waals surface area contributed by atoms with E-state index in [2.05, 4.69) is 25.5 Å². The van der Waals surface area contributed by atoms with Crippen molar-refractivity contribution in [3.05, 3.63) is 5.21 Å². The molecule has 1 fully saturated rings. The molecule has 1 N–H and O–H groups in total. The fourth-order valence-corrected chi connectivity index (χ4v) is 1.64. The Balaban J connectivity index is 2.22. The molecule has 0 unspecified atom stereocenters. The minimum absolute atomic E-state index is 0.0516. The predicted molar refractivity (Wildman–Crippen MR) is 77.0 cm³/mol. The van der Waals surface area contributed by atoms with Crippen LogP contribution in [0.15, 0.2) is 5.10 Å². The maximum Gasteiger partial charge on any atom is 0.250 e. The van der Waals surface area contributed by atoms with Gasteiger partial charge in [0.15, 0.2) is 0 Å². The number of hydrogen-bond acceptors (Lipinski definition) is 9. The van der Waals surface area contributed by atoms with Gasteiger partial charge in [-0.05, 0) is 13.5 Å². The van der Waals surface area contributed by atoms with Crippen molar-refractivity contribution in [2.75, 3.05) is 48.7 Å². The molecule has 0 atom stereocenters. The summed E-state index contributed by atoms with van der Waals surface area (Å²) in [6.07, 6.45) is 2.49. The van der Waals surface area contributed by atoms with E-state index in [9.17, 15) is 5.21 Å². The summed E-state index contributed by atoms with van der Waals surface area (Å²) in [5, 5.41) is 16.0. The lowest BCUT2D eigenvalue weighted by molar-refractivity contribution is 0.122. The number of hydroxylamine groups is 1. The first-order valence-corrected chi connectivity index (χ1v) is 6.48. The predicted octanol–water partition coefficient (Wildman–Crippen LogP) is 0.450. The summed E-state index contributed by atoms with van der Waals surface area (Å²) in [4.78, 5) is 14.4. The third kappa shape index (κ3) is 3.75. The van der Waals surface area contributed by atoms with Crippen LogP contribution in [0.3, 0.4) is 0 Å². The topological polar surface area (TPSA) is 102 Å². The zero-order valence-corrected chi connectivity index (χ0v) is 11.6. The molecule has 0 aromatic carbocycles. The summed E-state index contributed by atoms with van der Waals surface area (Å²) < 4.78 is 5.28. The molecule has 0 spiro atoms. The highest BCUT2D eigenvalue weighted by Gasteiger charge is 2.16. The first-order chi connectivity index (χ1) is 9.70. The van der Waals surface area contributed by atoms with E-state index >= 15 is 0 Å². The molecule has 0 aliphatic carbocycles. The normalized spacial score (nSPS) is 15.7. The molecule has 0 bridgehead atoms. The van der Waals surface area contributed by atoms with Crippen molar-refractivity contribution in [2.24, 2.45) is 5.10 Å². The maximum atomic E-state index is 11.4. The molecule has 0 amide bonds. The molecule has 1 aliphatic rings. The molecule has 20 heavy (non-hydrogen) atoms. The molecular weight excluding hydrogens is 262 g/mol. The van der Waals surface area contributed by atoms with Crippen molar-refractivity contribution in [1.82, 2.24) is 15.0 Å². The van der Waals surface area contributed by atoms with E-state index in [0.29, 0.717) is 37.3 Å². The quantitative estimate of drug-likeness (QED) is 0.612. The van der Waals surface area contributed by atoms with Crippen LogP contribution in [-0.4, -0.2) is 54.5 Å². The third-order valence-corrected chi connectivity index (χ3v) is 2.63. The van der Waals surface area contributed by atoms with E-state index in [-0.39, 0.29) is 11.9 Å². The first-order valence-electron chi connectivity index (χ1n) is 6.48. The lowest BCUT2D eigenvalue weighted by Gasteiger charge is -2.28. The van der Waals surface area contributed by atoms with E-state index < -0.39 is 0 Å². The van der Waals surface area contributed by atoms with Crippen molar-refractivity contribution < 1.29 is 4.74 Å². The molecule has 1 aromatic rings. The van der Waals surface area contributed by atoms with E-state index in [1.54, 1.807) is 6.21 Å². The molecule has 9 nitrogen and oxygen atoms in total. The average molecular weight is 280 g/mol.